The molecule has 22 heavy (non-hydrogen) atoms. The van der Waals surface area contributed by atoms with Gasteiger partial charge in [-0.2, -0.15) is 0 Å². The van der Waals surface area contributed by atoms with Crippen molar-refractivity contribution in [2.75, 3.05) is 0 Å². The molecule has 0 saturated heterocycles. The molecule has 126 valence electrons. The summed E-state index contributed by atoms with van der Waals surface area (Å²) in [5.74, 6) is 7.11. The molecule has 0 aromatic heterocycles. The van der Waals surface area contributed by atoms with Crippen LogP contribution in [0.25, 0.3) is 0 Å². The first-order chi connectivity index (χ1) is 10.4. The summed E-state index contributed by atoms with van der Waals surface area (Å²) in [7, 11) is 0. The van der Waals surface area contributed by atoms with Crippen LogP contribution in [0.1, 0.15) is 86.0 Å². The van der Waals surface area contributed by atoms with Crippen LogP contribution in [-0.2, 0) is 0 Å². The first-order valence-corrected chi connectivity index (χ1v) is 10.4. The highest BCUT2D eigenvalue weighted by Crippen LogP contribution is 2.69. The van der Waals surface area contributed by atoms with E-state index in [2.05, 4.69) is 34.6 Å². The smallest absolute Gasteiger partial charge is 0.0266 e. The molecule has 0 heterocycles. The van der Waals surface area contributed by atoms with Gasteiger partial charge < -0.3 is 0 Å². The Morgan fingerprint density at radius 3 is 2.32 bits per heavy atom. The molecular formula is C22H38. The summed E-state index contributed by atoms with van der Waals surface area (Å²) in [5.41, 5.74) is 1.36. The van der Waals surface area contributed by atoms with Crippen molar-refractivity contribution >= 4 is 0 Å². The van der Waals surface area contributed by atoms with Crippen LogP contribution >= 0.6 is 0 Å². The van der Waals surface area contributed by atoms with Gasteiger partial charge in [-0.1, -0.05) is 47.5 Å². The van der Waals surface area contributed by atoms with Gasteiger partial charge in [-0.25, -0.2) is 0 Å². The first-order valence-electron chi connectivity index (χ1n) is 10.4. The highest BCUT2D eigenvalue weighted by atomic mass is 14.7. The van der Waals surface area contributed by atoms with Crippen LogP contribution in [0.4, 0.5) is 0 Å². The molecule has 0 aliphatic heterocycles. The summed E-state index contributed by atoms with van der Waals surface area (Å²) in [6.45, 7) is 13.1. The monoisotopic (exact) mass is 302 g/mol. The molecule has 0 aromatic rings. The zero-order chi connectivity index (χ0) is 15.7. The van der Waals surface area contributed by atoms with Crippen LogP contribution in [0.5, 0.6) is 0 Å². The molecule has 9 atom stereocenters. The highest BCUT2D eigenvalue weighted by molar-refractivity contribution is 5.10. The van der Waals surface area contributed by atoms with Crippen LogP contribution in [0, 0.1) is 52.3 Å². The summed E-state index contributed by atoms with van der Waals surface area (Å²) in [4.78, 5) is 0. The second-order valence-corrected chi connectivity index (χ2v) is 10.6. The van der Waals surface area contributed by atoms with Gasteiger partial charge in [0.05, 0.1) is 0 Å². The van der Waals surface area contributed by atoms with Crippen molar-refractivity contribution in [1.82, 2.24) is 0 Å². The Balaban J connectivity index is 1.70. The topological polar surface area (TPSA) is 0 Å². The van der Waals surface area contributed by atoms with Gasteiger partial charge in [0.1, 0.15) is 0 Å². The van der Waals surface area contributed by atoms with Gasteiger partial charge in [0, 0.05) is 0 Å². The molecule has 4 aliphatic carbocycles. The molecule has 9 unspecified atom stereocenters. The van der Waals surface area contributed by atoms with E-state index in [9.17, 15) is 0 Å². The third-order valence-electron chi connectivity index (χ3n) is 9.70. The van der Waals surface area contributed by atoms with Crippen molar-refractivity contribution in [3.05, 3.63) is 0 Å². The Hall–Kier alpha value is 0. The predicted molar refractivity (Wildman–Crippen MR) is 94.6 cm³/mol. The molecule has 0 aromatic carbocycles. The van der Waals surface area contributed by atoms with Crippen molar-refractivity contribution in [3.8, 4) is 0 Å². The molecule has 0 nitrogen and oxygen atoms in total. The third-order valence-corrected chi connectivity index (χ3v) is 9.70. The fourth-order valence-corrected chi connectivity index (χ4v) is 8.15. The standard InChI is InChI=1S/C22H38/c1-14-8-10-22(5)17(11-14)12-15(2)20-18-7-6-9-21(18,4)16(3)13-19(20)22/h14-20H,6-13H2,1-5H3. The van der Waals surface area contributed by atoms with Crippen molar-refractivity contribution in [3.63, 3.8) is 0 Å². The van der Waals surface area contributed by atoms with E-state index in [0.717, 1.165) is 41.4 Å². The van der Waals surface area contributed by atoms with Gasteiger partial charge in [-0.15, -0.1) is 0 Å². The van der Waals surface area contributed by atoms with E-state index in [4.69, 9.17) is 0 Å². The zero-order valence-corrected chi connectivity index (χ0v) is 15.7. The summed E-state index contributed by atoms with van der Waals surface area (Å²) < 4.78 is 0. The fourth-order valence-electron chi connectivity index (χ4n) is 8.15. The average Bonchev–Trinajstić information content (AvgIpc) is 2.85. The van der Waals surface area contributed by atoms with Crippen LogP contribution < -0.4 is 0 Å². The lowest BCUT2D eigenvalue weighted by molar-refractivity contribution is -0.151. The Morgan fingerprint density at radius 1 is 0.773 bits per heavy atom. The third kappa shape index (κ3) is 1.94. The molecular weight excluding hydrogens is 264 g/mol. The Bertz CT molecular complexity index is 439. The maximum atomic E-state index is 2.72. The van der Waals surface area contributed by atoms with E-state index in [1.165, 1.54) is 32.1 Å². The van der Waals surface area contributed by atoms with Gasteiger partial charge in [0.2, 0.25) is 0 Å². The lowest BCUT2D eigenvalue weighted by atomic mass is 9.41. The molecule has 0 spiro atoms. The minimum Gasteiger partial charge on any atom is -0.0625 e. The molecule has 4 aliphatic rings. The number of fused-ring (bicyclic) bond motifs is 5. The SMILES string of the molecule is CC1CCC2(C)C(C1)CC(C)C1C3CCCC3(C)C(C)CC12. The van der Waals surface area contributed by atoms with E-state index < -0.39 is 0 Å². The van der Waals surface area contributed by atoms with Crippen LogP contribution in [-0.4, -0.2) is 0 Å². The van der Waals surface area contributed by atoms with Crippen LogP contribution in [0.3, 0.4) is 0 Å². The lowest BCUT2D eigenvalue weighted by Crippen LogP contribution is -2.57. The summed E-state index contributed by atoms with van der Waals surface area (Å²) in [6, 6.07) is 0. The second kappa shape index (κ2) is 5.00. The van der Waals surface area contributed by atoms with Gasteiger partial charge in [-0.05, 0) is 90.8 Å². The van der Waals surface area contributed by atoms with E-state index in [1.54, 1.807) is 19.3 Å². The number of hydrogen-bond donors (Lipinski definition) is 0. The minimum absolute atomic E-state index is 0.681. The molecule has 4 saturated carbocycles. The summed E-state index contributed by atoms with van der Waals surface area (Å²) in [6.07, 6.45) is 12.2. The van der Waals surface area contributed by atoms with Gasteiger partial charge in [0.25, 0.3) is 0 Å². The quantitative estimate of drug-likeness (QED) is 0.476. The Morgan fingerprint density at radius 2 is 1.55 bits per heavy atom. The lowest BCUT2D eigenvalue weighted by Gasteiger charge is -2.64. The molecule has 0 bridgehead atoms. The Kier molecular flexibility index (Phi) is 3.53. The maximum absolute atomic E-state index is 2.72. The number of rotatable bonds is 0. The molecule has 0 amide bonds. The van der Waals surface area contributed by atoms with Gasteiger partial charge >= 0.3 is 0 Å². The second-order valence-electron chi connectivity index (χ2n) is 10.6. The molecule has 4 rings (SSSR count). The van der Waals surface area contributed by atoms with Crippen molar-refractivity contribution in [2.45, 2.75) is 86.0 Å². The number of hydrogen-bond acceptors (Lipinski definition) is 0. The normalized spacial score (nSPS) is 61.2. The first kappa shape index (κ1) is 15.5. The average molecular weight is 303 g/mol. The summed E-state index contributed by atoms with van der Waals surface area (Å²) >= 11 is 0. The fraction of sp³-hybridized carbons (Fsp3) is 1.00. The Labute approximate surface area is 138 Å². The van der Waals surface area contributed by atoms with Crippen LogP contribution in [0.2, 0.25) is 0 Å². The van der Waals surface area contributed by atoms with Gasteiger partial charge in [0.15, 0.2) is 0 Å². The summed E-state index contributed by atoms with van der Waals surface area (Å²) in [5, 5.41) is 0. The van der Waals surface area contributed by atoms with Crippen molar-refractivity contribution in [2.24, 2.45) is 52.3 Å². The van der Waals surface area contributed by atoms with E-state index in [-0.39, 0.29) is 0 Å². The molecule has 0 heteroatoms. The predicted octanol–water partition coefficient (Wildman–Crippen LogP) is 6.55. The van der Waals surface area contributed by atoms with E-state index in [1.807, 2.05) is 0 Å². The molecule has 0 N–H and O–H groups in total. The molecule has 4 fully saturated rings. The largest absolute Gasteiger partial charge is 0.0625 e. The van der Waals surface area contributed by atoms with Crippen molar-refractivity contribution < 1.29 is 0 Å². The van der Waals surface area contributed by atoms with Crippen molar-refractivity contribution in [1.29, 1.82) is 0 Å². The minimum atomic E-state index is 0.681. The molecule has 0 radical (unpaired) electrons. The zero-order valence-electron chi connectivity index (χ0n) is 15.7. The van der Waals surface area contributed by atoms with E-state index >= 15 is 0 Å². The van der Waals surface area contributed by atoms with E-state index in [0.29, 0.717) is 10.8 Å². The van der Waals surface area contributed by atoms with Crippen LogP contribution in [0.15, 0.2) is 0 Å². The highest BCUT2D eigenvalue weighted by Gasteiger charge is 2.61. The van der Waals surface area contributed by atoms with Gasteiger partial charge in [-0.3, -0.25) is 0 Å². The maximum Gasteiger partial charge on any atom is -0.0266 e.